The van der Waals surface area contributed by atoms with Crippen LogP contribution in [0, 0.1) is 17.7 Å². The largest absolute Gasteiger partial charge is 0.494 e. The SMILES string of the molecule is CNCCOc1ccc(-c2cc(N3CC4CCN(C)CC4C3)c3cc(F)c(OC)cc3n2)cn1. The Morgan fingerprint density at radius 3 is 2.76 bits per heavy atom. The predicted octanol–water partition coefficient (Wildman–Crippen LogP) is 3.43. The number of fused-ring (bicyclic) bond motifs is 2. The van der Waals surface area contributed by atoms with Crippen molar-refractivity contribution >= 4 is 16.6 Å². The monoisotopic (exact) mass is 465 g/mol. The van der Waals surface area contributed by atoms with Crippen molar-refractivity contribution in [2.45, 2.75) is 6.42 Å². The molecule has 180 valence electrons. The first-order valence-corrected chi connectivity index (χ1v) is 11.9. The van der Waals surface area contributed by atoms with E-state index in [4.69, 9.17) is 14.5 Å². The van der Waals surface area contributed by atoms with Gasteiger partial charge in [0.1, 0.15) is 6.61 Å². The smallest absolute Gasteiger partial charge is 0.213 e. The van der Waals surface area contributed by atoms with Gasteiger partial charge in [0.05, 0.1) is 18.3 Å². The first-order valence-electron chi connectivity index (χ1n) is 11.9. The van der Waals surface area contributed by atoms with E-state index in [0.29, 0.717) is 29.8 Å². The molecule has 2 aliphatic rings. The van der Waals surface area contributed by atoms with E-state index < -0.39 is 0 Å². The Morgan fingerprint density at radius 1 is 1.15 bits per heavy atom. The van der Waals surface area contributed by atoms with Gasteiger partial charge in [-0.3, -0.25) is 0 Å². The number of benzene rings is 1. The number of nitrogens with one attached hydrogen (secondary N) is 1. The molecule has 0 bridgehead atoms. The molecule has 2 atom stereocenters. The van der Waals surface area contributed by atoms with Crippen LogP contribution in [0.4, 0.5) is 10.1 Å². The number of pyridine rings is 2. The highest BCUT2D eigenvalue weighted by molar-refractivity contribution is 5.95. The van der Waals surface area contributed by atoms with E-state index in [9.17, 15) is 4.39 Å². The van der Waals surface area contributed by atoms with Crippen molar-refractivity contribution in [3.63, 3.8) is 0 Å². The molecule has 0 amide bonds. The van der Waals surface area contributed by atoms with Crippen LogP contribution in [0.3, 0.4) is 0 Å². The van der Waals surface area contributed by atoms with Crippen LogP contribution in [-0.2, 0) is 0 Å². The molecule has 0 saturated carbocycles. The number of ether oxygens (including phenoxy) is 2. The summed E-state index contributed by atoms with van der Waals surface area (Å²) in [5, 5.41) is 3.87. The van der Waals surface area contributed by atoms with E-state index in [1.807, 2.05) is 19.2 Å². The van der Waals surface area contributed by atoms with Gasteiger partial charge in [0.15, 0.2) is 11.6 Å². The minimum absolute atomic E-state index is 0.200. The van der Waals surface area contributed by atoms with Crippen LogP contribution in [0.2, 0.25) is 0 Å². The fraction of sp³-hybridized carbons (Fsp3) is 0.462. The van der Waals surface area contributed by atoms with Crippen LogP contribution < -0.4 is 19.7 Å². The summed E-state index contributed by atoms with van der Waals surface area (Å²) in [7, 11) is 5.56. The lowest BCUT2D eigenvalue weighted by Gasteiger charge is -2.31. The Morgan fingerprint density at radius 2 is 2.00 bits per heavy atom. The normalized spacial score (nSPS) is 20.5. The summed E-state index contributed by atoms with van der Waals surface area (Å²) in [6, 6.07) is 9.16. The number of methoxy groups -OCH3 is 1. The van der Waals surface area contributed by atoms with Gasteiger partial charge >= 0.3 is 0 Å². The second kappa shape index (κ2) is 9.72. The summed E-state index contributed by atoms with van der Waals surface area (Å²) >= 11 is 0. The summed E-state index contributed by atoms with van der Waals surface area (Å²) in [5.41, 5.74) is 3.43. The van der Waals surface area contributed by atoms with Crippen LogP contribution in [0.25, 0.3) is 22.2 Å². The van der Waals surface area contributed by atoms with Crippen molar-refractivity contribution in [1.82, 2.24) is 20.2 Å². The summed E-state index contributed by atoms with van der Waals surface area (Å²) in [4.78, 5) is 14.1. The number of hydrogen-bond donors (Lipinski definition) is 1. The molecular formula is C26H32FN5O2. The molecule has 0 spiro atoms. The maximum atomic E-state index is 14.7. The molecular weight excluding hydrogens is 433 g/mol. The molecule has 7 nitrogen and oxygen atoms in total. The molecule has 3 aromatic rings. The molecule has 1 aromatic carbocycles. The van der Waals surface area contributed by atoms with E-state index >= 15 is 0 Å². The first kappa shape index (κ1) is 22.8. The first-order chi connectivity index (χ1) is 16.6. The molecule has 2 aromatic heterocycles. The molecule has 2 saturated heterocycles. The molecule has 1 N–H and O–H groups in total. The summed E-state index contributed by atoms with van der Waals surface area (Å²) in [6.07, 6.45) is 2.99. The van der Waals surface area contributed by atoms with E-state index in [1.165, 1.54) is 13.5 Å². The standard InChI is InChI=1S/C26H32FN5O2/c1-28-7-9-34-26-5-4-17(13-29-26)22-11-24(20-10-21(27)25(33-3)12-23(20)30-22)32-15-18-6-8-31(2)14-19(18)16-32/h4-5,10-13,18-19,28H,6-9,14-16H2,1-3H3. The lowest BCUT2D eigenvalue weighted by atomic mass is 9.89. The maximum absolute atomic E-state index is 14.7. The zero-order valence-corrected chi connectivity index (χ0v) is 20.1. The van der Waals surface area contributed by atoms with Crippen LogP contribution in [0.5, 0.6) is 11.6 Å². The van der Waals surface area contributed by atoms with E-state index in [-0.39, 0.29) is 11.6 Å². The van der Waals surface area contributed by atoms with Crippen LogP contribution >= 0.6 is 0 Å². The second-order valence-electron chi connectivity index (χ2n) is 9.34. The van der Waals surface area contributed by atoms with Gasteiger partial charge in [-0.2, -0.15) is 0 Å². The Kier molecular flexibility index (Phi) is 6.52. The number of anilines is 1. The molecule has 0 radical (unpaired) electrons. The predicted molar refractivity (Wildman–Crippen MR) is 132 cm³/mol. The number of aromatic nitrogens is 2. The highest BCUT2D eigenvalue weighted by Gasteiger charge is 2.37. The molecule has 5 rings (SSSR count). The summed E-state index contributed by atoms with van der Waals surface area (Å²) < 4.78 is 25.6. The van der Waals surface area contributed by atoms with Gasteiger partial charge in [0.25, 0.3) is 0 Å². The third kappa shape index (κ3) is 4.52. The Labute approximate surface area is 199 Å². The third-order valence-corrected chi connectivity index (χ3v) is 7.04. The lowest BCUT2D eigenvalue weighted by molar-refractivity contribution is 0.178. The Bertz CT molecular complexity index is 1160. The summed E-state index contributed by atoms with van der Waals surface area (Å²) in [5.74, 6) is 1.71. The number of likely N-dealkylation sites (N-methyl/N-ethyl adjacent to an activating group) is 1. The van der Waals surface area contributed by atoms with Crippen LogP contribution in [-0.4, -0.2) is 75.4 Å². The fourth-order valence-electron chi connectivity index (χ4n) is 5.20. The van der Waals surface area contributed by atoms with Crippen LogP contribution in [0.1, 0.15) is 6.42 Å². The maximum Gasteiger partial charge on any atom is 0.213 e. The van der Waals surface area contributed by atoms with Crippen molar-refractivity contribution in [3.8, 4) is 22.9 Å². The van der Waals surface area contributed by atoms with Crippen molar-refractivity contribution < 1.29 is 13.9 Å². The van der Waals surface area contributed by atoms with Gasteiger partial charge in [0, 0.05) is 61.1 Å². The topological polar surface area (TPSA) is 62.8 Å². The minimum atomic E-state index is -0.369. The number of likely N-dealkylation sites (tertiary alicyclic amines) is 1. The number of hydrogen-bond acceptors (Lipinski definition) is 7. The Balaban J connectivity index is 1.52. The number of rotatable bonds is 7. The van der Waals surface area contributed by atoms with Crippen molar-refractivity contribution in [3.05, 3.63) is 42.3 Å². The number of halogens is 1. The van der Waals surface area contributed by atoms with Gasteiger partial charge in [0.2, 0.25) is 5.88 Å². The van der Waals surface area contributed by atoms with Gasteiger partial charge in [-0.05, 0) is 57.1 Å². The number of piperidine rings is 1. The second-order valence-corrected chi connectivity index (χ2v) is 9.34. The van der Waals surface area contributed by atoms with E-state index in [0.717, 1.165) is 55.1 Å². The molecule has 8 heteroatoms. The van der Waals surface area contributed by atoms with Gasteiger partial charge in [-0.15, -0.1) is 0 Å². The average molecular weight is 466 g/mol. The third-order valence-electron chi connectivity index (χ3n) is 7.04. The highest BCUT2D eigenvalue weighted by atomic mass is 19.1. The molecule has 2 fully saturated rings. The minimum Gasteiger partial charge on any atom is -0.494 e. The molecule has 34 heavy (non-hydrogen) atoms. The molecule has 0 aliphatic carbocycles. The fourth-order valence-corrected chi connectivity index (χ4v) is 5.20. The number of nitrogens with zero attached hydrogens (tertiary/aromatic N) is 4. The van der Waals surface area contributed by atoms with Gasteiger partial charge in [-0.1, -0.05) is 0 Å². The molecule has 2 aliphatic heterocycles. The molecule has 2 unspecified atom stereocenters. The summed E-state index contributed by atoms with van der Waals surface area (Å²) in [6.45, 7) is 5.51. The molecule has 4 heterocycles. The zero-order valence-electron chi connectivity index (χ0n) is 20.1. The average Bonchev–Trinajstić information content (AvgIpc) is 3.26. The van der Waals surface area contributed by atoms with Crippen molar-refractivity contribution in [2.75, 3.05) is 65.4 Å². The van der Waals surface area contributed by atoms with Gasteiger partial charge < -0.3 is 24.6 Å². The van der Waals surface area contributed by atoms with E-state index in [1.54, 1.807) is 18.3 Å². The Hall–Kier alpha value is -2.97. The van der Waals surface area contributed by atoms with E-state index in [2.05, 4.69) is 33.2 Å². The highest BCUT2D eigenvalue weighted by Crippen LogP contribution is 2.39. The quantitative estimate of drug-likeness (QED) is 0.537. The lowest BCUT2D eigenvalue weighted by Crippen LogP contribution is -2.37. The van der Waals surface area contributed by atoms with Gasteiger partial charge in [-0.25, -0.2) is 14.4 Å². The van der Waals surface area contributed by atoms with Crippen molar-refractivity contribution in [1.29, 1.82) is 0 Å². The zero-order chi connectivity index (χ0) is 23.7. The van der Waals surface area contributed by atoms with Crippen molar-refractivity contribution in [2.24, 2.45) is 11.8 Å². The van der Waals surface area contributed by atoms with Crippen LogP contribution in [0.15, 0.2) is 36.5 Å².